The number of aromatic amines is 1. The standard InChI is InChI=1S/C25H30N4O7/c1-6-36-25(33)20-14(2)18(15(3)26-20)22(30)19-21(16-8-10-17(11-9-16)29(34)35)28(24(32)23(19)31)13-7-12-27(4)5/h8-11,21,26,30H,6-7,12-13H2,1-5H3/t21-/m1/s1. The number of carbonyl (C=O) groups is 3. The van der Waals surface area contributed by atoms with Gasteiger partial charge in [-0.1, -0.05) is 0 Å². The third kappa shape index (κ3) is 5.01. The smallest absolute Gasteiger partial charge is 0.355 e. The van der Waals surface area contributed by atoms with Gasteiger partial charge < -0.3 is 24.6 Å². The fraction of sp³-hybridized carbons (Fsp3) is 0.400. The van der Waals surface area contributed by atoms with Gasteiger partial charge in [-0.05, 0) is 71.1 Å². The van der Waals surface area contributed by atoms with E-state index in [1.807, 2.05) is 19.0 Å². The quantitative estimate of drug-likeness (QED) is 0.134. The first-order valence-electron chi connectivity index (χ1n) is 11.5. The summed E-state index contributed by atoms with van der Waals surface area (Å²) in [5.74, 6) is -2.66. The molecular formula is C25H30N4O7. The second-order valence-electron chi connectivity index (χ2n) is 8.84. The molecule has 0 aliphatic carbocycles. The van der Waals surface area contributed by atoms with Crippen molar-refractivity contribution in [3.63, 3.8) is 0 Å². The number of hydrogen-bond acceptors (Lipinski definition) is 8. The number of nitro benzene ring substituents is 1. The number of Topliss-reactive ketones (excluding diaryl/α,β-unsaturated/α-hetero) is 1. The van der Waals surface area contributed by atoms with Crippen molar-refractivity contribution in [2.75, 3.05) is 33.8 Å². The molecule has 0 unspecified atom stereocenters. The number of likely N-dealkylation sites (tertiary alicyclic amines) is 1. The van der Waals surface area contributed by atoms with E-state index in [9.17, 15) is 29.6 Å². The molecule has 3 rings (SSSR count). The zero-order chi connectivity index (χ0) is 26.7. The van der Waals surface area contributed by atoms with Crippen LogP contribution in [0.15, 0.2) is 29.8 Å². The molecule has 1 fully saturated rings. The van der Waals surface area contributed by atoms with Gasteiger partial charge in [0, 0.05) is 29.9 Å². The van der Waals surface area contributed by atoms with Crippen LogP contribution in [0.4, 0.5) is 5.69 Å². The zero-order valence-corrected chi connectivity index (χ0v) is 21.0. The van der Waals surface area contributed by atoms with Gasteiger partial charge in [0.05, 0.1) is 23.1 Å². The summed E-state index contributed by atoms with van der Waals surface area (Å²) < 4.78 is 5.07. The lowest BCUT2D eigenvalue weighted by Gasteiger charge is -2.26. The van der Waals surface area contributed by atoms with Crippen molar-refractivity contribution < 1.29 is 29.2 Å². The minimum atomic E-state index is -0.951. The van der Waals surface area contributed by atoms with Gasteiger partial charge in [0.2, 0.25) is 0 Å². The maximum atomic E-state index is 13.2. The summed E-state index contributed by atoms with van der Waals surface area (Å²) in [5.41, 5.74) is 1.35. The lowest BCUT2D eigenvalue weighted by molar-refractivity contribution is -0.384. The summed E-state index contributed by atoms with van der Waals surface area (Å²) in [6, 6.07) is 4.58. The predicted octanol–water partition coefficient (Wildman–Crippen LogP) is 3.09. The number of nitrogens with one attached hydrogen (secondary N) is 1. The lowest BCUT2D eigenvalue weighted by Crippen LogP contribution is -2.32. The predicted molar refractivity (Wildman–Crippen MR) is 132 cm³/mol. The molecule has 0 saturated carbocycles. The second-order valence-corrected chi connectivity index (χ2v) is 8.84. The highest BCUT2D eigenvalue weighted by Gasteiger charge is 2.46. The summed E-state index contributed by atoms with van der Waals surface area (Å²) in [5, 5.41) is 22.5. The Hall–Kier alpha value is -3.99. The molecule has 1 aliphatic heterocycles. The van der Waals surface area contributed by atoms with Crippen LogP contribution in [0.3, 0.4) is 0 Å². The number of aliphatic hydroxyl groups is 1. The van der Waals surface area contributed by atoms with Gasteiger partial charge in [0.25, 0.3) is 17.4 Å². The number of hydrogen-bond donors (Lipinski definition) is 2. The van der Waals surface area contributed by atoms with Gasteiger partial charge in [-0.15, -0.1) is 0 Å². The Morgan fingerprint density at radius 1 is 1.22 bits per heavy atom. The Bertz CT molecular complexity index is 1230. The van der Waals surface area contributed by atoms with Gasteiger partial charge in [-0.3, -0.25) is 19.7 Å². The Balaban J connectivity index is 2.17. The minimum absolute atomic E-state index is 0.139. The number of ketones is 1. The summed E-state index contributed by atoms with van der Waals surface area (Å²) in [4.78, 5) is 55.5. The van der Waals surface area contributed by atoms with Gasteiger partial charge in [0.15, 0.2) is 0 Å². The first-order valence-corrected chi connectivity index (χ1v) is 11.5. The molecule has 1 saturated heterocycles. The number of carbonyl (C=O) groups excluding carboxylic acids is 3. The van der Waals surface area contributed by atoms with E-state index in [1.54, 1.807) is 20.8 Å². The molecule has 192 valence electrons. The van der Waals surface area contributed by atoms with Gasteiger partial charge in [0.1, 0.15) is 11.5 Å². The number of aromatic nitrogens is 1. The van der Waals surface area contributed by atoms with Crippen LogP contribution in [0.25, 0.3) is 5.76 Å². The molecule has 2 heterocycles. The summed E-state index contributed by atoms with van der Waals surface area (Å²) in [7, 11) is 3.78. The number of ether oxygens (including phenoxy) is 1. The fourth-order valence-electron chi connectivity index (χ4n) is 4.44. The SMILES string of the molecule is CCOC(=O)c1[nH]c(C)c(C(O)=C2C(=O)C(=O)N(CCCN(C)C)[C@@H]2c2ccc([N+](=O)[O-])cc2)c1C. The third-order valence-corrected chi connectivity index (χ3v) is 6.12. The molecular weight excluding hydrogens is 468 g/mol. The first-order chi connectivity index (χ1) is 17.0. The molecule has 0 bridgehead atoms. The molecule has 1 atom stereocenters. The fourth-order valence-corrected chi connectivity index (χ4v) is 4.44. The Labute approximate surface area is 208 Å². The molecule has 2 N–H and O–H groups in total. The molecule has 2 aromatic rings. The highest BCUT2D eigenvalue weighted by atomic mass is 16.6. The van der Waals surface area contributed by atoms with Crippen LogP contribution in [0.2, 0.25) is 0 Å². The van der Waals surface area contributed by atoms with Gasteiger partial charge in [-0.25, -0.2) is 4.79 Å². The van der Waals surface area contributed by atoms with E-state index in [-0.39, 0.29) is 35.7 Å². The Morgan fingerprint density at radius 3 is 2.42 bits per heavy atom. The van der Waals surface area contributed by atoms with E-state index in [0.717, 1.165) is 0 Å². The summed E-state index contributed by atoms with van der Waals surface area (Å²) in [6.45, 7) is 5.98. The Kier molecular flexibility index (Phi) is 7.93. The first kappa shape index (κ1) is 26.6. The number of aliphatic hydroxyl groups excluding tert-OH is 1. The largest absolute Gasteiger partial charge is 0.507 e. The van der Waals surface area contributed by atoms with Crippen LogP contribution in [0.5, 0.6) is 0 Å². The molecule has 1 aliphatic rings. The minimum Gasteiger partial charge on any atom is -0.507 e. The average Bonchev–Trinajstić information content (AvgIpc) is 3.26. The van der Waals surface area contributed by atoms with Crippen molar-refractivity contribution in [3.05, 3.63) is 68.0 Å². The molecule has 11 heteroatoms. The van der Waals surface area contributed by atoms with E-state index in [0.29, 0.717) is 29.8 Å². The van der Waals surface area contributed by atoms with Crippen LogP contribution >= 0.6 is 0 Å². The number of nitro groups is 1. The molecule has 0 spiro atoms. The van der Waals surface area contributed by atoms with Gasteiger partial charge >= 0.3 is 5.97 Å². The van der Waals surface area contributed by atoms with Crippen molar-refractivity contribution in [1.82, 2.24) is 14.8 Å². The van der Waals surface area contributed by atoms with Crippen LogP contribution in [0.1, 0.15) is 52.3 Å². The monoisotopic (exact) mass is 498 g/mol. The topological polar surface area (TPSA) is 146 Å². The Morgan fingerprint density at radius 2 is 1.86 bits per heavy atom. The maximum absolute atomic E-state index is 13.2. The normalized spacial score (nSPS) is 17.2. The molecule has 0 radical (unpaired) electrons. The van der Waals surface area contributed by atoms with Gasteiger partial charge in [-0.2, -0.15) is 0 Å². The lowest BCUT2D eigenvalue weighted by atomic mass is 9.94. The molecule has 11 nitrogen and oxygen atoms in total. The van der Waals surface area contributed by atoms with E-state index >= 15 is 0 Å². The molecule has 1 aromatic heterocycles. The summed E-state index contributed by atoms with van der Waals surface area (Å²) >= 11 is 0. The molecule has 1 amide bonds. The zero-order valence-electron chi connectivity index (χ0n) is 21.0. The summed E-state index contributed by atoms with van der Waals surface area (Å²) in [6.07, 6.45) is 0.568. The average molecular weight is 499 g/mol. The number of non-ortho nitro benzene ring substituents is 1. The van der Waals surface area contributed by atoms with E-state index in [1.165, 1.54) is 29.2 Å². The van der Waals surface area contributed by atoms with Crippen LogP contribution in [0, 0.1) is 24.0 Å². The van der Waals surface area contributed by atoms with E-state index in [2.05, 4.69) is 4.98 Å². The van der Waals surface area contributed by atoms with E-state index in [4.69, 9.17) is 4.74 Å². The number of nitrogens with zero attached hydrogens (tertiary/aromatic N) is 3. The number of H-pyrrole nitrogens is 1. The third-order valence-electron chi connectivity index (χ3n) is 6.12. The number of rotatable bonds is 9. The molecule has 36 heavy (non-hydrogen) atoms. The van der Waals surface area contributed by atoms with Crippen LogP contribution in [-0.4, -0.2) is 76.3 Å². The van der Waals surface area contributed by atoms with E-state index < -0.39 is 34.4 Å². The van der Waals surface area contributed by atoms with Crippen molar-refractivity contribution in [2.45, 2.75) is 33.2 Å². The maximum Gasteiger partial charge on any atom is 0.355 e. The van der Waals surface area contributed by atoms with Crippen molar-refractivity contribution in [2.24, 2.45) is 0 Å². The van der Waals surface area contributed by atoms with Crippen molar-refractivity contribution in [1.29, 1.82) is 0 Å². The number of benzene rings is 1. The highest BCUT2D eigenvalue weighted by Crippen LogP contribution is 2.41. The highest BCUT2D eigenvalue weighted by molar-refractivity contribution is 6.46. The van der Waals surface area contributed by atoms with Crippen molar-refractivity contribution >= 4 is 29.1 Å². The van der Waals surface area contributed by atoms with Crippen molar-refractivity contribution in [3.8, 4) is 0 Å². The number of amides is 1. The number of aryl methyl sites for hydroxylation is 1. The number of esters is 1. The second kappa shape index (κ2) is 10.7. The van der Waals surface area contributed by atoms with Crippen LogP contribution in [-0.2, 0) is 14.3 Å². The van der Waals surface area contributed by atoms with Crippen LogP contribution < -0.4 is 0 Å². The molecule has 1 aromatic carbocycles.